The number of hydrogen-bond donors (Lipinski definition) is 2. The summed E-state index contributed by atoms with van der Waals surface area (Å²) in [6, 6.07) is 0. The van der Waals surface area contributed by atoms with E-state index in [9.17, 15) is 9.59 Å². The molecule has 0 rings (SSSR count). The Morgan fingerprint density at radius 1 is 1.11 bits per heavy atom. The van der Waals surface area contributed by atoms with Gasteiger partial charge in [0.2, 0.25) is 0 Å². The number of carbonyl (C=O) groups excluding carboxylic acids is 2. The minimum Gasteiger partial charge on any atom is -0.469 e. The molecule has 0 aromatic heterocycles. The monoisotopic (exact) mass is 262 g/mol. The molecule has 0 fully saturated rings. The zero-order valence-electron chi connectivity index (χ0n) is 11.8. The van der Waals surface area contributed by atoms with Gasteiger partial charge in [-0.15, -0.1) is 0 Å². The van der Waals surface area contributed by atoms with Crippen molar-refractivity contribution in [2.45, 2.75) is 52.1 Å². The summed E-state index contributed by atoms with van der Waals surface area (Å²) in [6.45, 7) is 5.99. The van der Waals surface area contributed by atoms with E-state index in [4.69, 9.17) is 11.5 Å². The Bertz CT molecular complexity index is 237. The quantitative estimate of drug-likeness (QED) is 0.578. The number of methoxy groups -OCH3 is 1. The fourth-order valence-corrected chi connectivity index (χ4v) is 0.994. The van der Waals surface area contributed by atoms with Crippen molar-refractivity contribution < 1.29 is 19.1 Å². The number of rotatable bonds is 5. The van der Waals surface area contributed by atoms with Gasteiger partial charge in [0.15, 0.2) is 0 Å². The SMILES string of the molecule is CC(C)(C)OC(N)=O.COC(=O)CCCCCN. The number of ether oxygens (including phenoxy) is 2. The van der Waals surface area contributed by atoms with Gasteiger partial charge < -0.3 is 20.9 Å². The average molecular weight is 262 g/mol. The highest BCUT2D eigenvalue weighted by atomic mass is 16.6. The van der Waals surface area contributed by atoms with E-state index in [2.05, 4.69) is 9.47 Å². The Hall–Kier alpha value is -1.30. The lowest BCUT2D eigenvalue weighted by Gasteiger charge is -2.16. The summed E-state index contributed by atoms with van der Waals surface area (Å²) in [5.74, 6) is -0.128. The first-order valence-corrected chi connectivity index (χ1v) is 5.98. The molecular formula is C12H26N2O4. The van der Waals surface area contributed by atoms with Crippen LogP contribution in [-0.4, -0.2) is 31.3 Å². The average Bonchev–Trinajstić information content (AvgIpc) is 2.21. The summed E-state index contributed by atoms with van der Waals surface area (Å²) >= 11 is 0. The number of unbranched alkanes of at least 4 members (excludes halogenated alkanes) is 2. The molecule has 0 saturated carbocycles. The molecule has 1 amide bonds. The van der Waals surface area contributed by atoms with Crippen LogP contribution in [0.15, 0.2) is 0 Å². The third-order valence-corrected chi connectivity index (χ3v) is 1.72. The van der Waals surface area contributed by atoms with E-state index in [1.807, 2.05) is 0 Å². The number of primary amides is 1. The summed E-state index contributed by atoms with van der Waals surface area (Å²) in [7, 11) is 1.41. The van der Waals surface area contributed by atoms with Crippen molar-refractivity contribution in [2.75, 3.05) is 13.7 Å². The topological polar surface area (TPSA) is 105 Å². The van der Waals surface area contributed by atoms with Crippen molar-refractivity contribution in [3.05, 3.63) is 0 Å². The van der Waals surface area contributed by atoms with Gasteiger partial charge in [-0.25, -0.2) is 4.79 Å². The van der Waals surface area contributed by atoms with Gasteiger partial charge in [-0.3, -0.25) is 4.79 Å². The smallest absolute Gasteiger partial charge is 0.405 e. The Morgan fingerprint density at radius 3 is 1.94 bits per heavy atom. The van der Waals surface area contributed by atoms with Gasteiger partial charge in [-0.05, 0) is 40.2 Å². The Balaban J connectivity index is 0. The molecule has 108 valence electrons. The van der Waals surface area contributed by atoms with E-state index >= 15 is 0 Å². The van der Waals surface area contributed by atoms with E-state index in [1.54, 1.807) is 20.8 Å². The van der Waals surface area contributed by atoms with Crippen molar-refractivity contribution in [3.63, 3.8) is 0 Å². The van der Waals surface area contributed by atoms with Crippen LogP contribution in [0.1, 0.15) is 46.5 Å². The van der Waals surface area contributed by atoms with Crippen LogP contribution in [0.4, 0.5) is 4.79 Å². The number of carbonyl (C=O) groups is 2. The summed E-state index contributed by atoms with van der Waals surface area (Å²) in [4.78, 5) is 20.5. The van der Waals surface area contributed by atoms with E-state index in [1.165, 1.54) is 7.11 Å². The van der Waals surface area contributed by atoms with Crippen molar-refractivity contribution in [2.24, 2.45) is 11.5 Å². The molecule has 0 aromatic rings. The Kier molecular flexibility index (Phi) is 11.5. The number of nitrogens with two attached hydrogens (primary N) is 2. The molecule has 18 heavy (non-hydrogen) atoms. The lowest BCUT2D eigenvalue weighted by molar-refractivity contribution is -0.140. The van der Waals surface area contributed by atoms with Crippen molar-refractivity contribution in [1.29, 1.82) is 0 Å². The molecule has 0 unspecified atom stereocenters. The van der Waals surface area contributed by atoms with E-state index in [-0.39, 0.29) is 5.97 Å². The molecule has 0 atom stereocenters. The van der Waals surface area contributed by atoms with Gasteiger partial charge in [0, 0.05) is 6.42 Å². The molecule has 6 nitrogen and oxygen atoms in total. The lowest BCUT2D eigenvalue weighted by Crippen LogP contribution is -2.27. The van der Waals surface area contributed by atoms with E-state index < -0.39 is 11.7 Å². The lowest BCUT2D eigenvalue weighted by atomic mass is 10.2. The van der Waals surface area contributed by atoms with Crippen molar-refractivity contribution in [3.8, 4) is 0 Å². The maximum Gasteiger partial charge on any atom is 0.405 e. The van der Waals surface area contributed by atoms with Crippen LogP contribution in [0.5, 0.6) is 0 Å². The molecule has 4 N–H and O–H groups in total. The van der Waals surface area contributed by atoms with E-state index in [0.717, 1.165) is 19.3 Å². The highest BCUT2D eigenvalue weighted by Gasteiger charge is 2.12. The molecule has 0 radical (unpaired) electrons. The van der Waals surface area contributed by atoms with Crippen LogP contribution in [0.3, 0.4) is 0 Å². The summed E-state index contributed by atoms with van der Waals surface area (Å²) in [5, 5.41) is 0. The third kappa shape index (κ3) is 20.2. The summed E-state index contributed by atoms with van der Waals surface area (Å²) in [5.41, 5.74) is 9.53. The third-order valence-electron chi connectivity index (χ3n) is 1.72. The predicted molar refractivity (Wildman–Crippen MR) is 70.0 cm³/mol. The molecule has 0 spiro atoms. The molecule has 6 heteroatoms. The summed E-state index contributed by atoms with van der Waals surface area (Å²) < 4.78 is 9.04. The number of esters is 1. The van der Waals surface area contributed by atoms with Crippen LogP contribution in [-0.2, 0) is 14.3 Å². The molecule has 0 aromatic carbocycles. The highest BCUT2D eigenvalue weighted by molar-refractivity contribution is 5.68. The van der Waals surface area contributed by atoms with Gasteiger partial charge in [0.1, 0.15) is 5.60 Å². The normalized spacial score (nSPS) is 10.1. The second-order valence-electron chi connectivity index (χ2n) is 4.71. The van der Waals surface area contributed by atoms with Gasteiger partial charge in [-0.2, -0.15) is 0 Å². The maximum absolute atomic E-state index is 10.5. The Morgan fingerprint density at radius 2 is 1.67 bits per heavy atom. The maximum atomic E-state index is 10.5. The minimum atomic E-state index is -0.725. The van der Waals surface area contributed by atoms with Gasteiger partial charge >= 0.3 is 12.1 Å². The summed E-state index contributed by atoms with van der Waals surface area (Å²) in [6.07, 6.45) is 2.71. The van der Waals surface area contributed by atoms with Crippen molar-refractivity contribution >= 4 is 12.1 Å². The molecule has 0 aliphatic heterocycles. The first kappa shape index (κ1) is 19.0. The zero-order chi connectivity index (χ0) is 14.6. The minimum absolute atomic E-state index is 0.128. The zero-order valence-corrected chi connectivity index (χ0v) is 11.8. The molecule has 0 aliphatic rings. The predicted octanol–water partition coefficient (Wildman–Crippen LogP) is 1.56. The molecule has 0 bridgehead atoms. The number of hydrogen-bond acceptors (Lipinski definition) is 5. The van der Waals surface area contributed by atoms with Gasteiger partial charge in [0.05, 0.1) is 7.11 Å². The fourth-order valence-electron chi connectivity index (χ4n) is 0.994. The van der Waals surface area contributed by atoms with Gasteiger partial charge in [-0.1, -0.05) is 6.42 Å². The fraction of sp³-hybridized carbons (Fsp3) is 0.833. The molecule has 0 aliphatic carbocycles. The first-order chi connectivity index (χ1) is 8.22. The van der Waals surface area contributed by atoms with Crippen molar-refractivity contribution in [1.82, 2.24) is 0 Å². The second kappa shape index (κ2) is 10.8. The molecular weight excluding hydrogens is 236 g/mol. The Labute approximate surface area is 109 Å². The first-order valence-electron chi connectivity index (χ1n) is 5.98. The van der Waals surface area contributed by atoms with Crippen LogP contribution >= 0.6 is 0 Å². The second-order valence-corrected chi connectivity index (χ2v) is 4.71. The molecule has 0 saturated heterocycles. The highest BCUT2D eigenvalue weighted by Crippen LogP contribution is 2.04. The molecule has 0 heterocycles. The standard InChI is InChI=1S/C7H15NO2.C5H11NO2/c1-10-7(9)5-3-2-4-6-8;1-5(2,3)8-4(6)7/h2-6,8H2,1H3;1-3H3,(H2,6,7). The van der Waals surface area contributed by atoms with Crippen LogP contribution in [0.25, 0.3) is 0 Å². The largest absolute Gasteiger partial charge is 0.469 e. The van der Waals surface area contributed by atoms with E-state index in [0.29, 0.717) is 13.0 Å². The van der Waals surface area contributed by atoms with Crippen LogP contribution in [0.2, 0.25) is 0 Å². The van der Waals surface area contributed by atoms with Crippen LogP contribution in [0, 0.1) is 0 Å². The number of amides is 1. The van der Waals surface area contributed by atoms with Crippen LogP contribution < -0.4 is 11.5 Å². The van der Waals surface area contributed by atoms with Gasteiger partial charge in [0.25, 0.3) is 0 Å².